The van der Waals surface area contributed by atoms with Crippen LogP contribution in [0.2, 0.25) is 0 Å². The van der Waals surface area contributed by atoms with Crippen LogP contribution in [-0.4, -0.2) is 29.7 Å². The first-order valence-electron chi connectivity index (χ1n) is 6.92. The van der Waals surface area contributed by atoms with Gasteiger partial charge < -0.3 is 0 Å². The minimum Gasteiger partial charge on any atom is -0.258 e. The minimum absolute atomic E-state index is 0.0610. The van der Waals surface area contributed by atoms with Crippen LogP contribution in [0.25, 0.3) is 0 Å². The standard InChI is InChI=1S/C14H17N3O4S2/c1-3-14-15-12(9-22-14)8-16(2)23(20,21)10-11-4-6-13(7-5-11)17(18)19/h4-7,9H,3,8,10H2,1-2H3. The van der Waals surface area contributed by atoms with Crippen LogP contribution in [0.4, 0.5) is 5.69 Å². The number of non-ortho nitro benzene ring substituents is 1. The van der Waals surface area contributed by atoms with Crippen LogP contribution in [0.3, 0.4) is 0 Å². The molecule has 0 fully saturated rings. The molecule has 2 rings (SSSR count). The van der Waals surface area contributed by atoms with E-state index in [-0.39, 0.29) is 18.0 Å². The Hall–Kier alpha value is -1.84. The highest BCUT2D eigenvalue weighted by Crippen LogP contribution is 2.17. The number of nitrogens with zero attached hydrogens (tertiary/aromatic N) is 3. The number of nitro groups is 1. The molecule has 124 valence electrons. The van der Waals surface area contributed by atoms with Crippen LogP contribution in [-0.2, 0) is 28.7 Å². The summed E-state index contributed by atoms with van der Waals surface area (Å²) < 4.78 is 26.0. The summed E-state index contributed by atoms with van der Waals surface area (Å²) in [6.07, 6.45) is 0.823. The van der Waals surface area contributed by atoms with E-state index in [4.69, 9.17) is 0 Å². The molecule has 0 unspecified atom stereocenters. The molecule has 0 amide bonds. The number of hydrogen-bond donors (Lipinski definition) is 0. The van der Waals surface area contributed by atoms with Gasteiger partial charge in [-0.2, -0.15) is 4.31 Å². The predicted octanol–water partition coefficient (Wildman–Crippen LogP) is 2.58. The largest absolute Gasteiger partial charge is 0.269 e. The van der Waals surface area contributed by atoms with Crippen molar-refractivity contribution < 1.29 is 13.3 Å². The highest BCUT2D eigenvalue weighted by Gasteiger charge is 2.20. The summed E-state index contributed by atoms with van der Waals surface area (Å²) in [7, 11) is -2.01. The highest BCUT2D eigenvalue weighted by molar-refractivity contribution is 7.88. The molecule has 1 aromatic heterocycles. The summed E-state index contributed by atoms with van der Waals surface area (Å²) in [5, 5.41) is 13.4. The van der Waals surface area contributed by atoms with Crippen molar-refractivity contribution in [2.75, 3.05) is 7.05 Å². The average molecular weight is 355 g/mol. The van der Waals surface area contributed by atoms with Crippen molar-refractivity contribution in [1.29, 1.82) is 0 Å². The average Bonchev–Trinajstić information content (AvgIpc) is 2.95. The van der Waals surface area contributed by atoms with E-state index in [9.17, 15) is 18.5 Å². The van der Waals surface area contributed by atoms with Gasteiger partial charge in [0.05, 0.1) is 27.9 Å². The Labute approximate surface area is 138 Å². The first kappa shape index (κ1) is 17.5. The smallest absolute Gasteiger partial charge is 0.258 e. The van der Waals surface area contributed by atoms with E-state index < -0.39 is 14.9 Å². The van der Waals surface area contributed by atoms with Gasteiger partial charge in [-0.15, -0.1) is 11.3 Å². The van der Waals surface area contributed by atoms with Crippen molar-refractivity contribution in [2.45, 2.75) is 25.6 Å². The number of benzene rings is 1. The first-order valence-corrected chi connectivity index (χ1v) is 9.41. The van der Waals surface area contributed by atoms with Gasteiger partial charge in [0.2, 0.25) is 10.0 Å². The molecule has 0 spiro atoms. The second-order valence-electron chi connectivity index (χ2n) is 5.02. The lowest BCUT2D eigenvalue weighted by atomic mass is 10.2. The van der Waals surface area contributed by atoms with Crippen LogP contribution < -0.4 is 0 Å². The van der Waals surface area contributed by atoms with Gasteiger partial charge >= 0.3 is 0 Å². The van der Waals surface area contributed by atoms with E-state index in [0.717, 1.165) is 17.1 Å². The summed E-state index contributed by atoms with van der Waals surface area (Å²) in [6, 6.07) is 5.53. The minimum atomic E-state index is -3.51. The fourth-order valence-corrected chi connectivity index (χ4v) is 3.84. The van der Waals surface area contributed by atoms with E-state index in [2.05, 4.69) is 4.98 Å². The van der Waals surface area contributed by atoms with Gasteiger partial charge in [-0.1, -0.05) is 19.1 Å². The van der Waals surface area contributed by atoms with E-state index in [1.807, 2.05) is 12.3 Å². The molecule has 0 radical (unpaired) electrons. The number of aryl methyl sites for hydroxylation is 1. The molecule has 1 heterocycles. The fraction of sp³-hybridized carbons (Fsp3) is 0.357. The van der Waals surface area contributed by atoms with Crippen LogP contribution in [0.1, 0.15) is 23.2 Å². The monoisotopic (exact) mass is 355 g/mol. The molecule has 2 aromatic rings. The molecule has 1 aromatic carbocycles. The van der Waals surface area contributed by atoms with Crippen molar-refractivity contribution in [1.82, 2.24) is 9.29 Å². The van der Waals surface area contributed by atoms with Crippen LogP contribution >= 0.6 is 11.3 Å². The molecular formula is C14H17N3O4S2. The topological polar surface area (TPSA) is 93.4 Å². The lowest BCUT2D eigenvalue weighted by Gasteiger charge is -2.16. The second kappa shape index (κ2) is 7.16. The summed E-state index contributed by atoms with van der Waals surface area (Å²) in [5.41, 5.74) is 1.17. The van der Waals surface area contributed by atoms with Gasteiger partial charge in [0.15, 0.2) is 0 Å². The molecule has 0 aliphatic carbocycles. The predicted molar refractivity (Wildman–Crippen MR) is 88.7 cm³/mol. The molecule has 7 nitrogen and oxygen atoms in total. The number of nitro benzene ring substituents is 1. The summed E-state index contributed by atoms with van der Waals surface area (Å²) in [5.74, 6) is -0.202. The lowest BCUT2D eigenvalue weighted by molar-refractivity contribution is -0.384. The number of rotatable bonds is 7. The Morgan fingerprint density at radius 3 is 2.48 bits per heavy atom. The maximum atomic E-state index is 12.4. The molecule has 0 bridgehead atoms. The van der Waals surface area contributed by atoms with Crippen LogP contribution in [0, 0.1) is 10.1 Å². The number of hydrogen-bond acceptors (Lipinski definition) is 6. The molecule has 23 heavy (non-hydrogen) atoms. The number of thiazole rings is 1. The zero-order valence-electron chi connectivity index (χ0n) is 12.8. The first-order chi connectivity index (χ1) is 10.8. The Morgan fingerprint density at radius 1 is 1.30 bits per heavy atom. The quantitative estimate of drug-likeness (QED) is 0.562. The molecule has 0 aliphatic heterocycles. The normalized spacial score (nSPS) is 11.8. The fourth-order valence-electron chi connectivity index (χ4n) is 1.95. The van der Waals surface area contributed by atoms with Gasteiger partial charge in [0, 0.05) is 24.6 Å². The van der Waals surface area contributed by atoms with Crippen LogP contribution in [0.15, 0.2) is 29.6 Å². The Balaban J connectivity index is 2.06. The molecule has 0 N–H and O–H groups in total. The maximum absolute atomic E-state index is 12.4. The molecule has 0 atom stereocenters. The Morgan fingerprint density at radius 2 is 1.96 bits per heavy atom. The molecule has 0 saturated heterocycles. The van der Waals surface area contributed by atoms with E-state index in [1.54, 1.807) is 0 Å². The molecule has 9 heteroatoms. The van der Waals surface area contributed by atoms with Crippen molar-refractivity contribution >= 4 is 27.0 Å². The third kappa shape index (κ3) is 4.57. The Bertz CT molecular complexity index is 785. The third-order valence-electron chi connectivity index (χ3n) is 3.26. The van der Waals surface area contributed by atoms with Crippen molar-refractivity contribution in [3.05, 3.63) is 56.0 Å². The van der Waals surface area contributed by atoms with Gasteiger partial charge in [0.25, 0.3) is 5.69 Å². The van der Waals surface area contributed by atoms with Gasteiger partial charge in [-0.05, 0) is 12.0 Å². The number of aromatic nitrogens is 1. The second-order valence-corrected chi connectivity index (χ2v) is 8.04. The SMILES string of the molecule is CCc1nc(CN(C)S(=O)(=O)Cc2ccc([N+](=O)[O-])cc2)cs1. The van der Waals surface area contributed by atoms with E-state index >= 15 is 0 Å². The van der Waals surface area contributed by atoms with E-state index in [0.29, 0.717) is 5.56 Å². The van der Waals surface area contributed by atoms with E-state index in [1.165, 1.54) is 47.0 Å². The molecular weight excluding hydrogens is 338 g/mol. The number of sulfonamides is 1. The van der Waals surface area contributed by atoms with Crippen LogP contribution in [0.5, 0.6) is 0 Å². The van der Waals surface area contributed by atoms with Gasteiger partial charge in [-0.3, -0.25) is 10.1 Å². The van der Waals surface area contributed by atoms with Crippen molar-refractivity contribution in [2.24, 2.45) is 0 Å². The zero-order chi connectivity index (χ0) is 17.0. The lowest BCUT2D eigenvalue weighted by Crippen LogP contribution is -2.27. The van der Waals surface area contributed by atoms with Crippen molar-refractivity contribution in [3.63, 3.8) is 0 Å². The third-order valence-corrected chi connectivity index (χ3v) is 6.08. The van der Waals surface area contributed by atoms with Crippen molar-refractivity contribution in [3.8, 4) is 0 Å². The summed E-state index contributed by atoms with van der Waals surface area (Å²) >= 11 is 1.51. The highest BCUT2D eigenvalue weighted by atomic mass is 32.2. The van der Waals surface area contributed by atoms with Gasteiger partial charge in [0.1, 0.15) is 0 Å². The zero-order valence-corrected chi connectivity index (χ0v) is 14.4. The molecule has 0 aliphatic rings. The Kier molecular flexibility index (Phi) is 5.45. The molecule has 0 saturated carbocycles. The van der Waals surface area contributed by atoms with Gasteiger partial charge in [-0.25, -0.2) is 13.4 Å². The maximum Gasteiger partial charge on any atom is 0.269 e. The summed E-state index contributed by atoms with van der Waals surface area (Å²) in [6.45, 7) is 2.21. The summed E-state index contributed by atoms with van der Waals surface area (Å²) in [4.78, 5) is 14.5.